The number of thiophene rings is 1. The van der Waals surface area contributed by atoms with Crippen LogP contribution >= 0.6 is 23.1 Å². The molecule has 8 nitrogen and oxygen atoms in total. The van der Waals surface area contributed by atoms with Gasteiger partial charge in [0.1, 0.15) is 10.8 Å². The van der Waals surface area contributed by atoms with E-state index >= 15 is 0 Å². The summed E-state index contributed by atoms with van der Waals surface area (Å²) in [5, 5.41) is 11.7. The van der Waals surface area contributed by atoms with E-state index in [2.05, 4.69) is 15.5 Å². The number of thioether (sulfide) groups is 1. The van der Waals surface area contributed by atoms with Gasteiger partial charge < -0.3 is 18.9 Å². The first-order chi connectivity index (χ1) is 14.6. The van der Waals surface area contributed by atoms with Crippen molar-refractivity contribution >= 4 is 40.0 Å². The van der Waals surface area contributed by atoms with Crippen LogP contribution in [0.15, 0.2) is 26.4 Å². The monoisotopic (exact) mass is 447 g/mol. The van der Waals surface area contributed by atoms with Crippen molar-refractivity contribution in [2.75, 3.05) is 17.7 Å². The van der Waals surface area contributed by atoms with Crippen molar-refractivity contribution in [2.24, 2.45) is 0 Å². The maximum atomic E-state index is 12.5. The standard InChI is InChI=1S/C20H21N3O5S2/c1-3-26-19(25)16-13-6-4-5-7-14(13)30-18(16)21-15(24)10-29-20-23-22-17(28-20)12-8-9-27-11(12)2/h8-9H,3-7,10H2,1-2H3,(H,21,24). The van der Waals surface area contributed by atoms with Gasteiger partial charge in [-0.3, -0.25) is 4.79 Å². The minimum atomic E-state index is -0.378. The zero-order valence-electron chi connectivity index (χ0n) is 16.6. The van der Waals surface area contributed by atoms with Crippen LogP contribution in [0.4, 0.5) is 5.00 Å². The van der Waals surface area contributed by atoms with E-state index in [1.807, 2.05) is 6.92 Å². The first-order valence-corrected chi connectivity index (χ1v) is 11.5. The number of fused-ring (bicyclic) bond motifs is 1. The third-order valence-corrected chi connectivity index (χ3v) is 6.75. The van der Waals surface area contributed by atoms with Gasteiger partial charge in [-0.05, 0) is 51.2 Å². The van der Waals surface area contributed by atoms with Gasteiger partial charge in [-0.25, -0.2) is 4.79 Å². The zero-order chi connectivity index (χ0) is 21.1. The highest BCUT2D eigenvalue weighted by Gasteiger charge is 2.27. The number of rotatable bonds is 7. The molecule has 3 aromatic rings. The molecule has 0 spiro atoms. The molecule has 0 aliphatic heterocycles. The molecule has 0 saturated heterocycles. The second-order valence-electron chi connectivity index (χ2n) is 6.74. The highest BCUT2D eigenvalue weighted by molar-refractivity contribution is 7.99. The number of hydrogen-bond acceptors (Lipinski definition) is 9. The molecule has 0 unspecified atom stereocenters. The second-order valence-corrected chi connectivity index (χ2v) is 8.77. The summed E-state index contributed by atoms with van der Waals surface area (Å²) in [5.74, 6) is 0.484. The van der Waals surface area contributed by atoms with Crippen molar-refractivity contribution < 1.29 is 23.2 Å². The van der Waals surface area contributed by atoms with E-state index in [1.165, 1.54) is 11.3 Å². The average Bonchev–Trinajstić information content (AvgIpc) is 3.44. The van der Waals surface area contributed by atoms with E-state index in [-0.39, 0.29) is 22.9 Å². The van der Waals surface area contributed by atoms with Gasteiger partial charge in [0.25, 0.3) is 11.1 Å². The molecule has 0 radical (unpaired) electrons. The van der Waals surface area contributed by atoms with Crippen LogP contribution < -0.4 is 5.32 Å². The Balaban J connectivity index is 1.43. The summed E-state index contributed by atoms with van der Waals surface area (Å²) in [6.07, 6.45) is 5.44. The summed E-state index contributed by atoms with van der Waals surface area (Å²) < 4.78 is 16.1. The van der Waals surface area contributed by atoms with Crippen molar-refractivity contribution in [3.63, 3.8) is 0 Å². The van der Waals surface area contributed by atoms with Crippen molar-refractivity contribution in [1.82, 2.24) is 10.2 Å². The molecular formula is C20H21N3O5S2. The molecule has 3 heterocycles. The molecule has 10 heteroatoms. The maximum absolute atomic E-state index is 12.5. The van der Waals surface area contributed by atoms with Gasteiger partial charge in [0.05, 0.1) is 29.7 Å². The topological polar surface area (TPSA) is 107 Å². The number of aromatic nitrogens is 2. The summed E-state index contributed by atoms with van der Waals surface area (Å²) in [6, 6.07) is 1.75. The smallest absolute Gasteiger partial charge is 0.341 e. The summed E-state index contributed by atoms with van der Waals surface area (Å²) in [6.45, 7) is 3.87. The van der Waals surface area contributed by atoms with Crippen LogP contribution in [0.25, 0.3) is 11.5 Å². The molecule has 1 N–H and O–H groups in total. The van der Waals surface area contributed by atoms with Crippen molar-refractivity contribution in [3.05, 3.63) is 34.1 Å². The van der Waals surface area contributed by atoms with Crippen molar-refractivity contribution in [3.8, 4) is 11.5 Å². The van der Waals surface area contributed by atoms with Crippen LogP contribution in [0.2, 0.25) is 0 Å². The van der Waals surface area contributed by atoms with Crippen LogP contribution in [0.1, 0.15) is 46.3 Å². The van der Waals surface area contributed by atoms with Gasteiger partial charge in [-0.1, -0.05) is 11.8 Å². The lowest BCUT2D eigenvalue weighted by molar-refractivity contribution is -0.113. The Morgan fingerprint density at radius 1 is 1.30 bits per heavy atom. The van der Waals surface area contributed by atoms with E-state index in [4.69, 9.17) is 13.6 Å². The number of nitrogens with one attached hydrogen (secondary N) is 1. The molecule has 3 aromatic heterocycles. The summed E-state index contributed by atoms with van der Waals surface area (Å²) >= 11 is 2.60. The molecule has 1 aliphatic carbocycles. The van der Waals surface area contributed by atoms with E-state index in [0.29, 0.717) is 28.8 Å². The van der Waals surface area contributed by atoms with E-state index < -0.39 is 0 Å². The van der Waals surface area contributed by atoms with E-state index in [1.54, 1.807) is 19.3 Å². The van der Waals surface area contributed by atoms with E-state index in [0.717, 1.165) is 53.4 Å². The van der Waals surface area contributed by atoms with Gasteiger partial charge in [0.15, 0.2) is 0 Å². The fraction of sp³-hybridized carbons (Fsp3) is 0.400. The maximum Gasteiger partial charge on any atom is 0.341 e. The van der Waals surface area contributed by atoms with Crippen molar-refractivity contribution in [1.29, 1.82) is 0 Å². The number of hydrogen-bond donors (Lipinski definition) is 1. The summed E-state index contributed by atoms with van der Waals surface area (Å²) in [4.78, 5) is 26.2. The Morgan fingerprint density at radius 2 is 2.13 bits per heavy atom. The predicted octanol–water partition coefficient (Wildman–Crippen LogP) is 4.49. The Bertz CT molecular complexity index is 1070. The quantitative estimate of drug-likeness (QED) is 0.417. The molecule has 0 saturated carbocycles. The average molecular weight is 448 g/mol. The fourth-order valence-electron chi connectivity index (χ4n) is 3.35. The zero-order valence-corrected chi connectivity index (χ0v) is 18.3. The van der Waals surface area contributed by atoms with Crippen LogP contribution in [0.5, 0.6) is 0 Å². The van der Waals surface area contributed by atoms with Gasteiger partial charge in [-0.2, -0.15) is 0 Å². The number of carbonyl (C=O) groups excluding carboxylic acids is 2. The Kier molecular flexibility index (Phi) is 6.24. The number of carbonyl (C=O) groups is 2. The third kappa shape index (κ3) is 4.29. The second kappa shape index (κ2) is 9.05. The number of amides is 1. The molecule has 0 fully saturated rings. The lowest BCUT2D eigenvalue weighted by Crippen LogP contribution is -2.17. The molecule has 0 aromatic carbocycles. The van der Waals surface area contributed by atoms with Crippen LogP contribution in [-0.4, -0.2) is 34.4 Å². The molecule has 4 rings (SSSR count). The molecule has 30 heavy (non-hydrogen) atoms. The highest BCUT2D eigenvalue weighted by atomic mass is 32.2. The van der Waals surface area contributed by atoms with Crippen molar-refractivity contribution in [2.45, 2.75) is 44.8 Å². The Hall–Kier alpha value is -2.59. The van der Waals surface area contributed by atoms with Crippen LogP contribution in [0.3, 0.4) is 0 Å². The largest absolute Gasteiger partial charge is 0.469 e. The van der Waals surface area contributed by atoms with Gasteiger partial charge in [0, 0.05) is 4.88 Å². The molecule has 158 valence electrons. The summed E-state index contributed by atoms with van der Waals surface area (Å²) in [7, 11) is 0. The number of furan rings is 1. The molecule has 0 atom stereocenters. The predicted molar refractivity (Wildman–Crippen MR) is 113 cm³/mol. The summed E-state index contributed by atoms with van der Waals surface area (Å²) in [5.41, 5.74) is 2.25. The first kappa shape index (κ1) is 20.7. The van der Waals surface area contributed by atoms with Crippen LogP contribution in [0, 0.1) is 6.92 Å². The minimum absolute atomic E-state index is 0.0802. The van der Waals surface area contributed by atoms with E-state index in [9.17, 15) is 9.59 Å². The van der Waals surface area contributed by atoms with Gasteiger partial charge >= 0.3 is 5.97 Å². The molecule has 1 amide bonds. The number of esters is 1. The number of ether oxygens (including phenoxy) is 1. The minimum Gasteiger partial charge on any atom is -0.469 e. The molecule has 1 aliphatic rings. The number of aryl methyl sites for hydroxylation is 2. The Labute approximate surface area is 181 Å². The van der Waals surface area contributed by atoms with Crippen LogP contribution in [-0.2, 0) is 22.4 Å². The lowest BCUT2D eigenvalue weighted by atomic mass is 9.95. The normalized spacial score (nSPS) is 13.1. The fourth-order valence-corrected chi connectivity index (χ4v) is 5.20. The molecular weight excluding hydrogens is 426 g/mol. The highest BCUT2D eigenvalue weighted by Crippen LogP contribution is 2.38. The first-order valence-electron chi connectivity index (χ1n) is 9.69. The lowest BCUT2D eigenvalue weighted by Gasteiger charge is -2.12. The third-order valence-electron chi connectivity index (χ3n) is 4.73. The van der Waals surface area contributed by atoms with Gasteiger partial charge in [-0.15, -0.1) is 21.5 Å². The SMILES string of the molecule is CCOC(=O)c1c(NC(=O)CSc2nnc(-c3ccoc3C)o2)sc2c1CCCC2. The molecule has 0 bridgehead atoms. The number of nitrogens with zero attached hydrogens (tertiary/aromatic N) is 2. The van der Waals surface area contributed by atoms with Gasteiger partial charge in [0.2, 0.25) is 5.91 Å². The Morgan fingerprint density at radius 3 is 2.90 bits per heavy atom. The number of anilines is 1.